The summed E-state index contributed by atoms with van der Waals surface area (Å²) in [6, 6.07) is 9.39. The zero-order valence-electron chi connectivity index (χ0n) is 11.3. The molecule has 0 aliphatic heterocycles. The normalized spacial score (nSPS) is 24.8. The molecule has 2 heteroatoms. The molecule has 18 heavy (non-hydrogen) atoms. The first-order valence-corrected chi connectivity index (χ1v) is 7.68. The number of rotatable bonds is 4. The lowest BCUT2D eigenvalue weighted by Crippen LogP contribution is -2.35. The Balaban J connectivity index is 1.85. The van der Waals surface area contributed by atoms with Gasteiger partial charge in [-0.05, 0) is 30.4 Å². The van der Waals surface area contributed by atoms with Gasteiger partial charge in [-0.25, -0.2) is 0 Å². The molecular weight excluding hydrogens is 242 g/mol. The molecule has 0 saturated heterocycles. The van der Waals surface area contributed by atoms with Crippen molar-refractivity contribution < 1.29 is 0 Å². The van der Waals surface area contributed by atoms with Gasteiger partial charge in [0.2, 0.25) is 0 Å². The van der Waals surface area contributed by atoms with Crippen LogP contribution in [0.1, 0.15) is 50.2 Å². The summed E-state index contributed by atoms with van der Waals surface area (Å²) in [4.78, 5) is 0. The van der Waals surface area contributed by atoms with Crippen molar-refractivity contribution in [2.45, 2.75) is 63.4 Å². The summed E-state index contributed by atoms with van der Waals surface area (Å²) in [5.74, 6) is 0. The Morgan fingerprint density at radius 1 is 1.06 bits per heavy atom. The molecule has 0 amide bonds. The second-order valence-corrected chi connectivity index (χ2v) is 5.87. The van der Waals surface area contributed by atoms with Gasteiger partial charge in [0, 0.05) is 18.0 Å². The number of aryl methyl sites for hydroxylation is 1. The molecule has 1 N–H and O–H groups in total. The summed E-state index contributed by atoms with van der Waals surface area (Å²) >= 11 is 6.44. The molecule has 0 heterocycles. The highest BCUT2D eigenvalue weighted by Crippen LogP contribution is 2.22. The zero-order valence-corrected chi connectivity index (χ0v) is 12.0. The lowest BCUT2D eigenvalue weighted by Gasteiger charge is -2.21. The third kappa shape index (κ3) is 4.00. The standard InChI is InChI=1S/C16H24ClN/c1-2-13-8-10-14(11-9-13)12-18-16-7-5-3-4-6-15(16)17/h8-11,15-16,18H,2-7,12H2,1H3. The number of hydrogen-bond donors (Lipinski definition) is 1. The van der Waals surface area contributed by atoms with Crippen LogP contribution >= 0.6 is 11.6 Å². The van der Waals surface area contributed by atoms with Crippen LogP contribution in [-0.2, 0) is 13.0 Å². The molecule has 2 atom stereocenters. The van der Waals surface area contributed by atoms with Gasteiger partial charge in [-0.2, -0.15) is 0 Å². The SMILES string of the molecule is CCc1ccc(CNC2CCCCCC2Cl)cc1. The maximum Gasteiger partial charge on any atom is 0.0489 e. The molecular formula is C16H24ClN. The summed E-state index contributed by atoms with van der Waals surface area (Å²) in [5, 5.41) is 3.94. The highest BCUT2D eigenvalue weighted by atomic mass is 35.5. The van der Waals surface area contributed by atoms with Crippen molar-refractivity contribution in [1.29, 1.82) is 0 Å². The maximum absolute atomic E-state index is 6.44. The van der Waals surface area contributed by atoms with Crippen LogP contribution < -0.4 is 5.32 Å². The minimum atomic E-state index is 0.308. The Morgan fingerprint density at radius 3 is 2.44 bits per heavy atom. The molecule has 2 rings (SSSR count). The van der Waals surface area contributed by atoms with E-state index in [0.717, 1.165) is 19.4 Å². The number of benzene rings is 1. The van der Waals surface area contributed by atoms with E-state index < -0.39 is 0 Å². The second kappa shape index (κ2) is 7.16. The fraction of sp³-hybridized carbons (Fsp3) is 0.625. The van der Waals surface area contributed by atoms with Crippen molar-refractivity contribution >= 4 is 11.6 Å². The molecule has 1 aromatic rings. The first kappa shape index (κ1) is 13.9. The Bertz CT molecular complexity index is 347. The van der Waals surface area contributed by atoms with Crippen LogP contribution in [0.15, 0.2) is 24.3 Å². The largest absolute Gasteiger partial charge is 0.308 e. The molecule has 1 saturated carbocycles. The Hall–Kier alpha value is -0.530. The van der Waals surface area contributed by atoms with E-state index in [1.54, 1.807) is 0 Å². The number of nitrogens with one attached hydrogen (secondary N) is 1. The number of halogens is 1. The minimum absolute atomic E-state index is 0.308. The fourth-order valence-corrected chi connectivity index (χ4v) is 3.00. The van der Waals surface area contributed by atoms with Gasteiger partial charge in [0.05, 0.1) is 0 Å². The molecule has 0 bridgehead atoms. The highest BCUT2D eigenvalue weighted by Gasteiger charge is 2.20. The van der Waals surface area contributed by atoms with Crippen LogP contribution in [0, 0.1) is 0 Å². The Labute approximate surface area is 116 Å². The van der Waals surface area contributed by atoms with E-state index in [1.807, 2.05) is 0 Å². The van der Waals surface area contributed by atoms with Crippen LogP contribution in [0.2, 0.25) is 0 Å². The van der Waals surface area contributed by atoms with Crippen LogP contribution in [0.5, 0.6) is 0 Å². The van der Waals surface area contributed by atoms with Gasteiger partial charge in [0.1, 0.15) is 0 Å². The van der Waals surface area contributed by atoms with E-state index in [1.165, 1.54) is 36.8 Å². The van der Waals surface area contributed by atoms with Crippen molar-refractivity contribution in [3.63, 3.8) is 0 Å². The van der Waals surface area contributed by atoms with Crippen LogP contribution in [0.25, 0.3) is 0 Å². The molecule has 1 aliphatic carbocycles. The van der Waals surface area contributed by atoms with E-state index in [0.29, 0.717) is 11.4 Å². The van der Waals surface area contributed by atoms with E-state index in [-0.39, 0.29) is 0 Å². The van der Waals surface area contributed by atoms with Crippen molar-refractivity contribution in [1.82, 2.24) is 5.32 Å². The molecule has 100 valence electrons. The molecule has 2 unspecified atom stereocenters. The third-order valence-electron chi connectivity index (χ3n) is 3.93. The molecule has 0 spiro atoms. The van der Waals surface area contributed by atoms with Crippen molar-refractivity contribution in [3.8, 4) is 0 Å². The smallest absolute Gasteiger partial charge is 0.0489 e. The van der Waals surface area contributed by atoms with E-state index in [4.69, 9.17) is 11.6 Å². The fourth-order valence-electron chi connectivity index (χ4n) is 2.63. The maximum atomic E-state index is 6.44. The minimum Gasteiger partial charge on any atom is -0.308 e. The first-order valence-electron chi connectivity index (χ1n) is 7.25. The Kier molecular flexibility index (Phi) is 5.52. The van der Waals surface area contributed by atoms with Crippen molar-refractivity contribution in [2.24, 2.45) is 0 Å². The lowest BCUT2D eigenvalue weighted by molar-refractivity contribution is 0.465. The van der Waals surface area contributed by atoms with Gasteiger partial charge in [-0.3, -0.25) is 0 Å². The summed E-state index contributed by atoms with van der Waals surface area (Å²) in [7, 11) is 0. The molecule has 1 fully saturated rings. The topological polar surface area (TPSA) is 12.0 Å². The number of alkyl halides is 1. The van der Waals surface area contributed by atoms with Crippen LogP contribution in [0.4, 0.5) is 0 Å². The summed E-state index contributed by atoms with van der Waals surface area (Å²) in [6.45, 7) is 3.13. The predicted octanol–water partition coefficient (Wildman–Crippen LogP) is 4.28. The summed E-state index contributed by atoms with van der Waals surface area (Å²) < 4.78 is 0. The van der Waals surface area contributed by atoms with Crippen LogP contribution in [-0.4, -0.2) is 11.4 Å². The first-order chi connectivity index (χ1) is 8.79. The van der Waals surface area contributed by atoms with Crippen molar-refractivity contribution in [2.75, 3.05) is 0 Å². The van der Waals surface area contributed by atoms with Gasteiger partial charge >= 0.3 is 0 Å². The quantitative estimate of drug-likeness (QED) is 0.633. The third-order valence-corrected chi connectivity index (χ3v) is 4.45. The molecule has 1 nitrogen and oxygen atoms in total. The van der Waals surface area contributed by atoms with Crippen molar-refractivity contribution in [3.05, 3.63) is 35.4 Å². The second-order valence-electron chi connectivity index (χ2n) is 5.31. The van der Waals surface area contributed by atoms with Crippen LogP contribution in [0.3, 0.4) is 0 Å². The van der Waals surface area contributed by atoms with Gasteiger partial charge in [-0.15, -0.1) is 11.6 Å². The van der Waals surface area contributed by atoms with E-state index in [9.17, 15) is 0 Å². The highest BCUT2D eigenvalue weighted by molar-refractivity contribution is 6.21. The van der Waals surface area contributed by atoms with Gasteiger partial charge in [-0.1, -0.05) is 50.5 Å². The van der Waals surface area contributed by atoms with E-state index in [2.05, 4.69) is 36.5 Å². The molecule has 1 aromatic carbocycles. The predicted molar refractivity (Wildman–Crippen MR) is 79.2 cm³/mol. The lowest BCUT2D eigenvalue weighted by atomic mass is 10.1. The zero-order chi connectivity index (χ0) is 12.8. The van der Waals surface area contributed by atoms with Gasteiger partial charge < -0.3 is 5.32 Å². The van der Waals surface area contributed by atoms with Gasteiger partial charge in [0.15, 0.2) is 0 Å². The average molecular weight is 266 g/mol. The monoisotopic (exact) mass is 265 g/mol. The Morgan fingerprint density at radius 2 is 1.72 bits per heavy atom. The average Bonchev–Trinajstić information content (AvgIpc) is 2.62. The number of hydrogen-bond acceptors (Lipinski definition) is 1. The summed E-state index contributed by atoms with van der Waals surface area (Å²) in [5.41, 5.74) is 2.77. The van der Waals surface area contributed by atoms with E-state index >= 15 is 0 Å². The summed E-state index contributed by atoms with van der Waals surface area (Å²) in [6.07, 6.45) is 7.44. The van der Waals surface area contributed by atoms with Gasteiger partial charge in [0.25, 0.3) is 0 Å². The molecule has 1 aliphatic rings. The molecule has 0 aromatic heterocycles. The molecule has 0 radical (unpaired) electrons.